The lowest BCUT2D eigenvalue weighted by Crippen LogP contribution is -2.53. The van der Waals surface area contributed by atoms with Gasteiger partial charge in [-0.15, -0.1) is 0 Å². The third-order valence-corrected chi connectivity index (χ3v) is 4.00. The molecular formula is C14H26N6O. The average molecular weight is 294 g/mol. The van der Waals surface area contributed by atoms with E-state index in [0.717, 1.165) is 57.9 Å². The number of nitrogens with zero attached hydrogens (tertiary/aromatic N) is 4. The number of aromatic amines is 1. The Morgan fingerprint density at radius 1 is 1.43 bits per heavy atom. The van der Waals surface area contributed by atoms with E-state index < -0.39 is 0 Å². The highest BCUT2D eigenvalue weighted by molar-refractivity contribution is 5.81. The molecule has 2 heterocycles. The van der Waals surface area contributed by atoms with E-state index in [1.54, 1.807) is 0 Å². The van der Waals surface area contributed by atoms with Gasteiger partial charge in [-0.05, 0) is 13.3 Å². The van der Waals surface area contributed by atoms with Crippen LogP contribution in [0.2, 0.25) is 0 Å². The fourth-order valence-electron chi connectivity index (χ4n) is 2.53. The van der Waals surface area contributed by atoms with Crippen LogP contribution < -0.4 is 5.32 Å². The number of hydrogen-bond donors (Lipinski definition) is 2. The Balaban J connectivity index is 1.71. The summed E-state index contributed by atoms with van der Waals surface area (Å²) in [5, 5.41) is 9.76. The Bertz CT molecular complexity index is 413. The Hall–Kier alpha value is -1.47. The van der Waals surface area contributed by atoms with Gasteiger partial charge in [0, 0.05) is 32.7 Å². The van der Waals surface area contributed by atoms with E-state index in [2.05, 4.69) is 37.2 Å². The minimum atomic E-state index is -0.0470. The summed E-state index contributed by atoms with van der Waals surface area (Å²) in [6.45, 7) is 9.43. The zero-order chi connectivity index (χ0) is 15.1. The molecule has 118 valence electrons. The average Bonchev–Trinajstić information content (AvgIpc) is 3.00. The van der Waals surface area contributed by atoms with Crippen LogP contribution in [-0.2, 0) is 11.3 Å². The zero-order valence-corrected chi connectivity index (χ0v) is 13.0. The number of H-pyrrole nitrogens is 1. The molecule has 2 rings (SSSR count). The molecule has 21 heavy (non-hydrogen) atoms. The molecule has 1 aromatic heterocycles. The number of amides is 1. The van der Waals surface area contributed by atoms with E-state index in [0.29, 0.717) is 0 Å². The van der Waals surface area contributed by atoms with Gasteiger partial charge < -0.3 is 5.32 Å². The second-order valence-electron chi connectivity index (χ2n) is 5.56. The van der Waals surface area contributed by atoms with Crippen LogP contribution in [0.4, 0.5) is 0 Å². The van der Waals surface area contributed by atoms with Crippen molar-refractivity contribution in [2.45, 2.75) is 39.3 Å². The number of nitrogens with one attached hydrogen (secondary N) is 2. The molecule has 1 aromatic rings. The van der Waals surface area contributed by atoms with E-state index in [1.807, 2.05) is 6.92 Å². The van der Waals surface area contributed by atoms with Crippen molar-refractivity contribution in [1.82, 2.24) is 30.3 Å². The van der Waals surface area contributed by atoms with Gasteiger partial charge in [0.15, 0.2) is 0 Å². The van der Waals surface area contributed by atoms with Gasteiger partial charge in [0.25, 0.3) is 0 Å². The molecule has 1 aliphatic heterocycles. The van der Waals surface area contributed by atoms with Crippen LogP contribution in [0.3, 0.4) is 0 Å². The number of unbranched alkanes of at least 4 members (excludes halogenated alkanes) is 1. The van der Waals surface area contributed by atoms with Crippen LogP contribution in [0.5, 0.6) is 0 Å². The van der Waals surface area contributed by atoms with E-state index in [-0.39, 0.29) is 11.9 Å². The van der Waals surface area contributed by atoms with Crippen molar-refractivity contribution in [3.63, 3.8) is 0 Å². The molecule has 1 atom stereocenters. The Labute approximate surface area is 126 Å². The minimum absolute atomic E-state index is 0.0470. The summed E-state index contributed by atoms with van der Waals surface area (Å²) in [6, 6.07) is -0.0470. The summed E-state index contributed by atoms with van der Waals surface area (Å²) in [5.74, 6) is 1.04. The molecule has 2 N–H and O–H groups in total. The van der Waals surface area contributed by atoms with Gasteiger partial charge >= 0.3 is 0 Å². The van der Waals surface area contributed by atoms with E-state index in [4.69, 9.17) is 0 Å². The lowest BCUT2D eigenvalue weighted by Gasteiger charge is -2.37. The van der Waals surface area contributed by atoms with Crippen molar-refractivity contribution in [1.29, 1.82) is 0 Å². The maximum atomic E-state index is 12.1. The predicted octanol–water partition coefficient (Wildman–Crippen LogP) is 0.227. The summed E-state index contributed by atoms with van der Waals surface area (Å²) in [6.07, 6.45) is 3.69. The number of carbonyl (C=O) groups excluding carboxylic acids is 1. The summed E-state index contributed by atoms with van der Waals surface area (Å²) < 4.78 is 0. The number of carbonyl (C=O) groups is 1. The quantitative estimate of drug-likeness (QED) is 0.704. The second-order valence-corrected chi connectivity index (χ2v) is 5.56. The van der Waals surface area contributed by atoms with Gasteiger partial charge in [-0.3, -0.25) is 19.7 Å². The predicted molar refractivity (Wildman–Crippen MR) is 80.6 cm³/mol. The fourth-order valence-corrected chi connectivity index (χ4v) is 2.53. The van der Waals surface area contributed by atoms with E-state index in [9.17, 15) is 4.79 Å². The number of aromatic nitrogens is 3. The second kappa shape index (κ2) is 8.09. The van der Waals surface area contributed by atoms with Crippen LogP contribution in [0.15, 0.2) is 6.33 Å². The zero-order valence-electron chi connectivity index (χ0n) is 13.0. The first-order valence-corrected chi connectivity index (χ1v) is 7.79. The first-order valence-electron chi connectivity index (χ1n) is 7.79. The molecule has 1 aliphatic rings. The molecule has 0 radical (unpaired) electrons. The first kappa shape index (κ1) is 15.9. The normalized spacial score (nSPS) is 18.6. The Morgan fingerprint density at radius 2 is 2.19 bits per heavy atom. The van der Waals surface area contributed by atoms with Crippen molar-refractivity contribution in [2.24, 2.45) is 0 Å². The van der Waals surface area contributed by atoms with Gasteiger partial charge in [0.1, 0.15) is 12.2 Å². The van der Waals surface area contributed by atoms with Gasteiger partial charge in [0.05, 0.1) is 12.6 Å². The van der Waals surface area contributed by atoms with Gasteiger partial charge in [-0.1, -0.05) is 13.3 Å². The molecule has 1 amide bonds. The molecule has 0 spiro atoms. The summed E-state index contributed by atoms with van der Waals surface area (Å²) >= 11 is 0. The van der Waals surface area contributed by atoms with Crippen LogP contribution in [-0.4, -0.2) is 69.7 Å². The molecular weight excluding hydrogens is 268 g/mol. The van der Waals surface area contributed by atoms with Crippen LogP contribution >= 0.6 is 0 Å². The number of hydrogen-bond acceptors (Lipinski definition) is 5. The maximum absolute atomic E-state index is 12.1. The van der Waals surface area contributed by atoms with Crippen molar-refractivity contribution in [3.8, 4) is 0 Å². The third-order valence-electron chi connectivity index (χ3n) is 4.00. The third kappa shape index (κ3) is 4.78. The molecule has 0 unspecified atom stereocenters. The van der Waals surface area contributed by atoms with E-state index in [1.165, 1.54) is 6.33 Å². The standard InChI is InChI=1S/C14H26N6O/c1-3-4-5-15-14(21)12(2)20-8-6-19(7-9-20)10-13-16-11-17-18-13/h11-12H,3-10H2,1-2H3,(H,15,21)(H,16,17,18)/t12-/m0/s1. The SMILES string of the molecule is CCCCNC(=O)[C@H](C)N1CCN(Cc2ncn[nH]2)CC1. The van der Waals surface area contributed by atoms with Crippen LogP contribution in [0, 0.1) is 0 Å². The summed E-state index contributed by atoms with van der Waals surface area (Å²) in [5.41, 5.74) is 0. The molecule has 7 nitrogen and oxygen atoms in total. The van der Waals surface area contributed by atoms with Gasteiger partial charge in [-0.25, -0.2) is 4.98 Å². The van der Waals surface area contributed by atoms with E-state index >= 15 is 0 Å². The van der Waals surface area contributed by atoms with Crippen molar-refractivity contribution < 1.29 is 4.79 Å². The Kier molecular flexibility index (Phi) is 6.13. The highest BCUT2D eigenvalue weighted by Gasteiger charge is 2.25. The van der Waals surface area contributed by atoms with Crippen LogP contribution in [0.25, 0.3) is 0 Å². The lowest BCUT2D eigenvalue weighted by atomic mass is 10.2. The monoisotopic (exact) mass is 294 g/mol. The summed E-state index contributed by atoms with van der Waals surface area (Å²) in [4.78, 5) is 20.8. The topological polar surface area (TPSA) is 77.2 Å². The fraction of sp³-hybridized carbons (Fsp3) is 0.786. The Morgan fingerprint density at radius 3 is 2.81 bits per heavy atom. The molecule has 0 bridgehead atoms. The summed E-state index contributed by atoms with van der Waals surface area (Å²) in [7, 11) is 0. The highest BCUT2D eigenvalue weighted by atomic mass is 16.2. The molecule has 1 fully saturated rings. The minimum Gasteiger partial charge on any atom is -0.355 e. The highest BCUT2D eigenvalue weighted by Crippen LogP contribution is 2.08. The van der Waals surface area contributed by atoms with Crippen LogP contribution in [0.1, 0.15) is 32.5 Å². The maximum Gasteiger partial charge on any atom is 0.237 e. The number of piperazine rings is 1. The molecule has 0 aromatic carbocycles. The molecule has 7 heteroatoms. The van der Waals surface area contributed by atoms with Crippen molar-refractivity contribution in [2.75, 3.05) is 32.7 Å². The largest absolute Gasteiger partial charge is 0.355 e. The first-order chi connectivity index (χ1) is 10.2. The van der Waals surface area contributed by atoms with Gasteiger partial charge in [-0.2, -0.15) is 5.10 Å². The van der Waals surface area contributed by atoms with Gasteiger partial charge in [0.2, 0.25) is 5.91 Å². The molecule has 1 saturated heterocycles. The molecule has 0 saturated carbocycles. The smallest absolute Gasteiger partial charge is 0.237 e. The molecule has 0 aliphatic carbocycles. The van der Waals surface area contributed by atoms with Crippen molar-refractivity contribution >= 4 is 5.91 Å². The van der Waals surface area contributed by atoms with Crippen molar-refractivity contribution in [3.05, 3.63) is 12.2 Å². The lowest BCUT2D eigenvalue weighted by molar-refractivity contribution is -0.126. The number of rotatable bonds is 7.